The molecule has 0 radical (unpaired) electrons. The predicted octanol–water partition coefficient (Wildman–Crippen LogP) is 1.28. The van der Waals surface area contributed by atoms with Gasteiger partial charge in [-0.05, 0) is 29.7 Å². The number of thioether (sulfide) groups is 1. The minimum Gasteiger partial charge on any atom is -0.389 e. The Morgan fingerprint density at radius 1 is 1.08 bits per heavy atom. The third kappa shape index (κ3) is 9.75. The average Bonchev–Trinajstić information content (AvgIpc) is 3.20. The van der Waals surface area contributed by atoms with Crippen LogP contribution in [0.25, 0.3) is 12.2 Å². The first-order valence-corrected chi connectivity index (χ1v) is 12.5. The molecule has 0 spiro atoms. The molecule has 3 atom stereocenters. The topological polar surface area (TPSA) is 128 Å². The predicted molar refractivity (Wildman–Crippen MR) is 137 cm³/mol. The van der Waals surface area contributed by atoms with Crippen molar-refractivity contribution in [2.75, 3.05) is 23.7 Å². The fourth-order valence-electron chi connectivity index (χ4n) is 3.57. The quantitative estimate of drug-likeness (QED) is 0.427. The van der Waals surface area contributed by atoms with Gasteiger partial charge in [0.15, 0.2) is 17.5 Å². The summed E-state index contributed by atoms with van der Waals surface area (Å²) in [5, 5.41) is 22.5. The number of pyridine rings is 1. The van der Waals surface area contributed by atoms with E-state index in [9.17, 15) is 19.8 Å². The van der Waals surface area contributed by atoms with Gasteiger partial charge in [0.05, 0.1) is 12.2 Å². The van der Waals surface area contributed by atoms with E-state index in [2.05, 4.69) is 5.32 Å². The number of aromatic nitrogens is 1. The fourth-order valence-corrected chi connectivity index (χ4v) is 4.33. The van der Waals surface area contributed by atoms with E-state index in [0.29, 0.717) is 18.8 Å². The maximum absolute atomic E-state index is 12.3. The molecular formula is C26H32N3O6S+. The summed E-state index contributed by atoms with van der Waals surface area (Å²) in [5.41, 5.74) is 3.04. The average molecular weight is 515 g/mol. The zero-order valence-corrected chi connectivity index (χ0v) is 21.2. The number of anilines is 1. The van der Waals surface area contributed by atoms with Crippen LogP contribution in [0.5, 0.6) is 0 Å². The number of aliphatic hydroxyl groups is 2. The molecule has 0 bridgehead atoms. The van der Waals surface area contributed by atoms with Crippen molar-refractivity contribution in [3.05, 3.63) is 59.9 Å². The lowest BCUT2D eigenvalue weighted by molar-refractivity contribution is -0.684. The highest BCUT2D eigenvalue weighted by Gasteiger charge is 2.29. The number of hydrogen-bond donors (Lipinski definition) is 3. The molecule has 9 nitrogen and oxygen atoms in total. The number of carbonyl (C=O) groups is 2. The first kappa shape index (κ1) is 28.9. The number of benzene rings is 1. The van der Waals surface area contributed by atoms with Gasteiger partial charge in [0.2, 0.25) is 6.54 Å². The number of β-amino-alcohol motifs (C(OH)–C–C–N with tert-alkyl or cyclic N) is 2. The van der Waals surface area contributed by atoms with Crippen LogP contribution in [-0.4, -0.2) is 64.5 Å². The van der Waals surface area contributed by atoms with E-state index in [1.54, 1.807) is 0 Å². The first-order chi connectivity index (χ1) is 17.2. The summed E-state index contributed by atoms with van der Waals surface area (Å²) < 4.78 is 1.82. The van der Waals surface area contributed by atoms with Crippen LogP contribution in [0.2, 0.25) is 0 Å². The molecule has 2 heterocycles. The van der Waals surface area contributed by atoms with E-state index in [4.69, 9.17) is 9.59 Å². The van der Waals surface area contributed by atoms with Crippen LogP contribution in [0.15, 0.2) is 48.8 Å². The molecule has 1 saturated heterocycles. The zero-order valence-electron chi connectivity index (χ0n) is 20.4. The van der Waals surface area contributed by atoms with Gasteiger partial charge < -0.3 is 20.4 Å². The molecular weight excluding hydrogens is 482 g/mol. The third-order valence-corrected chi connectivity index (χ3v) is 6.55. The molecule has 1 aliphatic rings. The van der Waals surface area contributed by atoms with Crippen LogP contribution in [0.3, 0.4) is 0 Å². The Morgan fingerprint density at radius 3 is 2.11 bits per heavy atom. The molecule has 0 saturated carbocycles. The number of carbonyl (C=O) groups excluding carboxylic acids is 4. The van der Waals surface area contributed by atoms with E-state index in [-0.39, 0.29) is 29.8 Å². The van der Waals surface area contributed by atoms with Gasteiger partial charge in [0, 0.05) is 49.6 Å². The first-order valence-electron chi connectivity index (χ1n) is 11.6. The zero-order chi connectivity index (χ0) is 26.5. The van der Waals surface area contributed by atoms with Gasteiger partial charge in [0.25, 0.3) is 5.91 Å². The molecule has 1 aromatic heterocycles. The van der Waals surface area contributed by atoms with Gasteiger partial charge in [-0.15, -0.1) is 0 Å². The lowest BCUT2D eigenvalue weighted by atomic mass is 10.1. The second-order valence-electron chi connectivity index (χ2n) is 8.33. The molecule has 36 heavy (non-hydrogen) atoms. The van der Waals surface area contributed by atoms with Crippen LogP contribution in [0.1, 0.15) is 31.4 Å². The third-order valence-electron chi connectivity index (χ3n) is 5.57. The molecule has 3 unspecified atom stereocenters. The van der Waals surface area contributed by atoms with Gasteiger partial charge in [-0.25, -0.2) is 0 Å². The van der Waals surface area contributed by atoms with Crippen LogP contribution in [0.4, 0.5) is 5.69 Å². The van der Waals surface area contributed by atoms with Gasteiger partial charge >= 0.3 is 6.15 Å². The standard InChI is InChI=1S/C25H31N3O4S.CO2/c1-3-21(17-33-18(2)29)26-25(32)16-27-12-10-20(11-13-27)5-4-19-6-8-22(9-7-19)28-14-23(30)24(31)15-28;2-1-3/h4-13,21,23-24,30-31H,3,14-17H2,1-2H3;/p+1. The van der Waals surface area contributed by atoms with Crippen molar-refractivity contribution in [3.63, 3.8) is 0 Å². The molecule has 2 aromatic rings. The highest BCUT2D eigenvalue weighted by atomic mass is 32.2. The molecule has 3 N–H and O–H groups in total. The van der Waals surface area contributed by atoms with Crippen molar-refractivity contribution in [1.29, 1.82) is 0 Å². The number of nitrogens with zero attached hydrogens (tertiary/aromatic N) is 2. The molecule has 1 aromatic carbocycles. The SMILES string of the molecule is CCC(CSC(C)=O)NC(=O)C[n+]1ccc(/C=C/c2ccc(N3CC(O)C(O)C3)cc2)cc1.O=C=O. The number of nitrogens with one attached hydrogen (secondary N) is 1. The molecule has 1 fully saturated rings. The number of aliphatic hydroxyl groups excluding tert-OH is 2. The summed E-state index contributed by atoms with van der Waals surface area (Å²) in [5.74, 6) is 0.520. The maximum atomic E-state index is 12.3. The maximum Gasteiger partial charge on any atom is 0.373 e. The molecule has 3 rings (SSSR count). The number of amides is 1. The van der Waals surface area contributed by atoms with Crippen molar-refractivity contribution < 1.29 is 34.0 Å². The minimum absolute atomic E-state index is 0.0128. The Morgan fingerprint density at radius 2 is 1.61 bits per heavy atom. The van der Waals surface area contributed by atoms with Crippen molar-refractivity contribution in [2.24, 2.45) is 0 Å². The molecule has 1 amide bonds. The van der Waals surface area contributed by atoms with E-state index < -0.39 is 12.2 Å². The van der Waals surface area contributed by atoms with Crippen molar-refractivity contribution in [1.82, 2.24) is 5.32 Å². The largest absolute Gasteiger partial charge is 0.389 e. The van der Waals surface area contributed by atoms with E-state index in [1.165, 1.54) is 18.7 Å². The van der Waals surface area contributed by atoms with E-state index in [1.807, 2.05) is 77.3 Å². The number of hydrogen-bond acceptors (Lipinski definition) is 8. The highest BCUT2D eigenvalue weighted by molar-refractivity contribution is 8.13. The van der Waals surface area contributed by atoms with Crippen LogP contribution >= 0.6 is 11.8 Å². The monoisotopic (exact) mass is 514 g/mol. The number of rotatable bonds is 9. The van der Waals surface area contributed by atoms with Crippen molar-refractivity contribution in [3.8, 4) is 0 Å². The highest BCUT2D eigenvalue weighted by Crippen LogP contribution is 2.22. The molecule has 10 heteroatoms. The van der Waals surface area contributed by atoms with Gasteiger partial charge in [-0.3, -0.25) is 9.59 Å². The van der Waals surface area contributed by atoms with Gasteiger partial charge in [0.1, 0.15) is 0 Å². The second-order valence-corrected chi connectivity index (χ2v) is 9.52. The Hall–Kier alpha value is -3.30. The summed E-state index contributed by atoms with van der Waals surface area (Å²) in [6.45, 7) is 4.64. The van der Waals surface area contributed by atoms with Crippen LogP contribution in [-0.2, 0) is 25.7 Å². The lowest BCUT2D eigenvalue weighted by Gasteiger charge is -2.17. The summed E-state index contributed by atoms with van der Waals surface area (Å²) in [7, 11) is 0. The normalized spacial score (nSPS) is 17.7. The lowest BCUT2D eigenvalue weighted by Crippen LogP contribution is -2.46. The van der Waals surface area contributed by atoms with Crippen molar-refractivity contribution in [2.45, 2.75) is 45.1 Å². The Bertz CT molecular complexity index is 1040. The van der Waals surface area contributed by atoms with Gasteiger partial charge in [-0.2, -0.15) is 14.2 Å². The Kier molecular flexibility index (Phi) is 12.0. The van der Waals surface area contributed by atoms with E-state index in [0.717, 1.165) is 23.2 Å². The summed E-state index contributed by atoms with van der Waals surface area (Å²) in [4.78, 5) is 41.7. The van der Waals surface area contributed by atoms with Crippen molar-refractivity contribution >= 4 is 46.8 Å². The molecule has 1 aliphatic heterocycles. The smallest absolute Gasteiger partial charge is 0.373 e. The second kappa shape index (κ2) is 15.0. The Balaban J connectivity index is 0.00000145. The van der Waals surface area contributed by atoms with E-state index >= 15 is 0 Å². The Labute approximate surface area is 214 Å². The molecule has 0 aliphatic carbocycles. The summed E-state index contributed by atoms with van der Waals surface area (Å²) in [6.07, 6.45) is 7.40. The minimum atomic E-state index is -0.699. The molecule has 192 valence electrons. The fraction of sp³-hybridized carbons (Fsp3) is 0.385. The van der Waals surface area contributed by atoms with Gasteiger partial charge in [-0.1, -0.05) is 43.0 Å². The van der Waals surface area contributed by atoms with Crippen LogP contribution in [0, 0.1) is 0 Å². The van der Waals surface area contributed by atoms with Crippen LogP contribution < -0.4 is 14.8 Å². The summed E-state index contributed by atoms with van der Waals surface area (Å²) >= 11 is 1.23. The summed E-state index contributed by atoms with van der Waals surface area (Å²) in [6, 6.07) is 11.9.